The topological polar surface area (TPSA) is 106 Å². The molecule has 30 heavy (non-hydrogen) atoms. The monoisotopic (exact) mass is 417 g/mol. The molecule has 0 aromatic heterocycles. The van der Waals surface area contributed by atoms with Gasteiger partial charge in [-0.3, -0.25) is 25.8 Å². The van der Waals surface area contributed by atoms with Crippen LogP contribution in [-0.4, -0.2) is 29.6 Å². The van der Waals surface area contributed by atoms with Gasteiger partial charge in [0.25, 0.3) is 11.8 Å². The number of hydrogen-bond donors (Lipinski definition) is 3. The van der Waals surface area contributed by atoms with E-state index in [9.17, 15) is 18.8 Å². The quantitative estimate of drug-likeness (QED) is 0.647. The van der Waals surface area contributed by atoms with E-state index in [2.05, 4.69) is 16.2 Å². The van der Waals surface area contributed by atoms with Gasteiger partial charge in [-0.1, -0.05) is 18.2 Å². The molecule has 0 saturated heterocycles. The summed E-state index contributed by atoms with van der Waals surface area (Å²) in [6, 6.07) is 11.7. The van der Waals surface area contributed by atoms with Crippen molar-refractivity contribution in [2.75, 3.05) is 5.32 Å². The van der Waals surface area contributed by atoms with E-state index >= 15 is 0 Å². The molecule has 0 spiro atoms. The number of halogens is 1. The van der Waals surface area contributed by atoms with Gasteiger partial charge in [0.1, 0.15) is 5.60 Å². The molecule has 2 aromatic rings. The normalized spacial score (nSPS) is 11.8. The second-order valence-corrected chi connectivity index (χ2v) is 7.34. The molecular formula is C21H24FN3O5. The van der Waals surface area contributed by atoms with E-state index in [-0.39, 0.29) is 11.3 Å². The van der Waals surface area contributed by atoms with Crippen molar-refractivity contribution in [1.29, 1.82) is 0 Å². The third-order valence-electron chi connectivity index (χ3n) is 3.58. The Bertz CT molecular complexity index is 927. The number of benzene rings is 2. The van der Waals surface area contributed by atoms with Gasteiger partial charge in [-0.15, -0.1) is 0 Å². The predicted molar refractivity (Wildman–Crippen MR) is 108 cm³/mol. The van der Waals surface area contributed by atoms with E-state index in [1.54, 1.807) is 39.0 Å². The Morgan fingerprint density at radius 2 is 1.70 bits per heavy atom. The van der Waals surface area contributed by atoms with Gasteiger partial charge < -0.3 is 9.47 Å². The number of rotatable bonds is 5. The third-order valence-corrected chi connectivity index (χ3v) is 3.58. The first-order valence-corrected chi connectivity index (χ1v) is 9.16. The molecule has 1 atom stereocenters. The van der Waals surface area contributed by atoms with Crippen LogP contribution in [0.3, 0.4) is 0 Å². The van der Waals surface area contributed by atoms with Gasteiger partial charge >= 0.3 is 6.09 Å². The fraction of sp³-hybridized carbons (Fsp3) is 0.286. The molecule has 3 amide bonds. The zero-order chi connectivity index (χ0) is 22.3. The summed E-state index contributed by atoms with van der Waals surface area (Å²) >= 11 is 0. The van der Waals surface area contributed by atoms with Crippen molar-refractivity contribution in [2.45, 2.75) is 39.4 Å². The van der Waals surface area contributed by atoms with Crippen LogP contribution < -0.4 is 20.9 Å². The van der Waals surface area contributed by atoms with Crippen molar-refractivity contribution in [2.24, 2.45) is 0 Å². The number of para-hydroxylation sites is 1. The van der Waals surface area contributed by atoms with E-state index in [0.29, 0.717) is 5.69 Å². The predicted octanol–water partition coefficient (Wildman–Crippen LogP) is 3.40. The lowest BCUT2D eigenvalue weighted by Crippen LogP contribution is -2.47. The fourth-order valence-corrected chi connectivity index (χ4v) is 2.24. The Labute approximate surface area is 173 Å². The summed E-state index contributed by atoms with van der Waals surface area (Å²) in [5.41, 5.74) is 4.33. The first-order chi connectivity index (χ1) is 14.0. The maximum atomic E-state index is 13.6. The lowest BCUT2D eigenvalue weighted by atomic mass is 10.2. The summed E-state index contributed by atoms with van der Waals surface area (Å²) in [4.78, 5) is 36.2. The van der Waals surface area contributed by atoms with Crippen LogP contribution >= 0.6 is 0 Å². The number of hydrogen-bond acceptors (Lipinski definition) is 5. The largest absolute Gasteiger partial charge is 0.478 e. The fourth-order valence-electron chi connectivity index (χ4n) is 2.24. The van der Waals surface area contributed by atoms with Gasteiger partial charge in [0, 0.05) is 11.3 Å². The van der Waals surface area contributed by atoms with Crippen molar-refractivity contribution >= 4 is 23.6 Å². The molecule has 0 aliphatic rings. The number of amides is 3. The van der Waals surface area contributed by atoms with Crippen LogP contribution in [0.25, 0.3) is 0 Å². The lowest BCUT2D eigenvalue weighted by molar-refractivity contribution is -0.128. The summed E-state index contributed by atoms with van der Waals surface area (Å²) in [6.07, 6.45) is -1.71. The van der Waals surface area contributed by atoms with E-state index in [4.69, 9.17) is 9.47 Å². The molecule has 0 radical (unpaired) electrons. The smallest absolute Gasteiger partial charge is 0.412 e. The minimum absolute atomic E-state index is 0.0765. The van der Waals surface area contributed by atoms with Crippen LogP contribution in [0.15, 0.2) is 48.5 Å². The zero-order valence-electron chi connectivity index (χ0n) is 17.1. The van der Waals surface area contributed by atoms with Gasteiger partial charge in [-0.25, -0.2) is 9.18 Å². The number of nitrogens with one attached hydrogen (secondary N) is 3. The number of anilines is 1. The molecule has 1 unspecified atom stereocenters. The number of carbonyl (C=O) groups is 3. The SMILES string of the molecule is CC(Oc1ccccc1F)C(=O)NNC(=O)c1cccc(NC(=O)OC(C)(C)C)c1. The van der Waals surface area contributed by atoms with Gasteiger partial charge in [0.15, 0.2) is 17.7 Å². The van der Waals surface area contributed by atoms with Gasteiger partial charge in [-0.2, -0.15) is 0 Å². The van der Waals surface area contributed by atoms with E-state index in [1.807, 2.05) is 0 Å². The van der Waals surface area contributed by atoms with E-state index < -0.39 is 35.4 Å². The first-order valence-electron chi connectivity index (χ1n) is 9.16. The number of carbonyl (C=O) groups excluding carboxylic acids is 3. The van der Waals surface area contributed by atoms with Crippen molar-refractivity contribution in [3.63, 3.8) is 0 Å². The van der Waals surface area contributed by atoms with Gasteiger partial charge in [0.05, 0.1) is 0 Å². The minimum atomic E-state index is -1.05. The molecule has 160 valence electrons. The van der Waals surface area contributed by atoms with E-state index in [1.165, 1.54) is 37.3 Å². The summed E-state index contributed by atoms with van der Waals surface area (Å²) in [6.45, 7) is 6.61. The highest BCUT2D eigenvalue weighted by Crippen LogP contribution is 2.17. The molecule has 0 bridgehead atoms. The highest BCUT2D eigenvalue weighted by molar-refractivity contribution is 5.97. The number of hydrazine groups is 1. The van der Waals surface area contributed by atoms with Gasteiger partial charge in [0.2, 0.25) is 0 Å². The Morgan fingerprint density at radius 3 is 2.37 bits per heavy atom. The maximum Gasteiger partial charge on any atom is 0.412 e. The molecule has 8 nitrogen and oxygen atoms in total. The van der Waals surface area contributed by atoms with Crippen LogP contribution in [0.5, 0.6) is 5.75 Å². The molecule has 0 saturated carbocycles. The van der Waals surface area contributed by atoms with Crippen molar-refractivity contribution < 1.29 is 28.2 Å². The summed E-state index contributed by atoms with van der Waals surface area (Å²) in [7, 11) is 0. The zero-order valence-corrected chi connectivity index (χ0v) is 17.1. The second-order valence-electron chi connectivity index (χ2n) is 7.34. The van der Waals surface area contributed by atoms with Crippen molar-refractivity contribution in [3.8, 4) is 5.75 Å². The second kappa shape index (κ2) is 9.73. The molecule has 3 N–H and O–H groups in total. The van der Waals surface area contributed by atoms with Crippen molar-refractivity contribution in [3.05, 3.63) is 59.9 Å². The molecule has 0 aliphatic heterocycles. The molecule has 2 aromatic carbocycles. The van der Waals surface area contributed by atoms with Crippen molar-refractivity contribution in [1.82, 2.24) is 10.9 Å². The minimum Gasteiger partial charge on any atom is -0.478 e. The average molecular weight is 417 g/mol. The Kier molecular flexibility index (Phi) is 7.35. The Morgan fingerprint density at radius 1 is 1.00 bits per heavy atom. The molecule has 0 aliphatic carbocycles. The highest BCUT2D eigenvalue weighted by atomic mass is 19.1. The molecule has 9 heteroatoms. The molecule has 0 heterocycles. The maximum absolute atomic E-state index is 13.6. The lowest BCUT2D eigenvalue weighted by Gasteiger charge is -2.19. The molecule has 0 fully saturated rings. The van der Waals surface area contributed by atoms with Crippen LogP contribution in [0.1, 0.15) is 38.1 Å². The average Bonchev–Trinajstić information content (AvgIpc) is 2.66. The first kappa shape index (κ1) is 22.7. The Hall–Kier alpha value is -3.62. The summed E-state index contributed by atoms with van der Waals surface area (Å²) < 4.78 is 24.0. The molecule has 2 rings (SSSR count). The van der Waals surface area contributed by atoms with Crippen LogP contribution in [0, 0.1) is 5.82 Å². The standard InChI is InChI=1S/C21H24FN3O5/c1-13(29-17-11-6-5-10-16(17)22)18(26)24-25-19(27)14-8-7-9-15(12-14)23-20(28)30-21(2,3)4/h5-13H,1-4H3,(H,23,28)(H,24,26)(H,25,27). The van der Waals surface area contributed by atoms with Crippen LogP contribution in [-0.2, 0) is 9.53 Å². The van der Waals surface area contributed by atoms with E-state index in [0.717, 1.165) is 0 Å². The summed E-state index contributed by atoms with van der Waals surface area (Å²) in [5, 5.41) is 2.53. The Balaban J connectivity index is 1.90. The number of ether oxygens (including phenoxy) is 2. The molecular weight excluding hydrogens is 393 g/mol. The third kappa shape index (κ3) is 7.08. The van der Waals surface area contributed by atoms with Crippen LogP contribution in [0.4, 0.5) is 14.9 Å². The highest BCUT2D eigenvalue weighted by Gasteiger charge is 2.18. The van der Waals surface area contributed by atoms with Gasteiger partial charge in [-0.05, 0) is 58.0 Å². The van der Waals surface area contributed by atoms with Crippen LogP contribution in [0.2, 0.25) is 0 Å². The summed E-state index contributed by atoms with van der Waals surface area (Å²) in [5.74, 6) is -1.97.